The van der Waals surface area contributed by atoms with Crippen molar-refractivity contribution in [1.29, 1.82) is 0 Å². The molecule has 0 aliphatic rings. The molecule has 2 aromatic rings. The molecule has 0 heterocycles. The van der Waals surface area contributed by atoms with Crippen LogP contribution in [0.4, 0.5) is 0 Å². The van der Waals surface area contributed by atoms with Gasteiger partial charge in [-0.1, -0.05) is 72.7 Å². The first-order chi connectivity index (χ1) is 14.9. The van der Waals surface area contributed by atoms with Gasteiger partial charge in [-0.15, -0.1) is 0 Å². The zero-order valence-corrected chi connectivity index (χ0v) is 20.3. The van der Waals surface area contributed by atoms with Gasteiger partial charge in [0, 0.05) is 0 Å². The van der Waals surface area contributed by atoms with E-state index in [1.54, 1.807) is 0 Å². The molecule has 0 spiro atoms. The van der Waals surface area contributed by atoms with E-state index in [9.17, 15) is 9.59 Å². The van der Waals surface area contributed by atoms with Gasteiger partial charge in [-0.3, -0.25) is 20.4 Å². The Bertz CT molecular complexity index is 922. The quantitative estimate of drug-likeness (QED) is 0.624. The monoisotopic (exact) mass is 440 g/mol. The van der Waals surface area contributed by atoms with Gasteiger partial charge in [0.15, 0.2) is 13.2 Å². The molecule has 0 aromatic heterocycles. The average Bonchev–Trinajstić information content (AvgIpc) is 2.73. The van der Waals surface area contributed by atoms with Gasteiger partial charge in [0.2, 0.25) is 0 Å². The third-order valence-corrected chi connectivity index (χ3v) is 5.06. The van der Waals surface area contributed by atoms with Crippen molar-refractivity contribution in [1.82, 2.24) is 10.9 Å². The Morgan fingerprint density at radius 3 is 1.84 bits per heavy atom. The van der Waals surface area contributed by atoms with Crippen molar-refractivity contribution in [3.05, 3.63) is 59.2 Å². The van der Waals surface area contributed by atoms with E-state index in [-0.39, 0.29) is 24.0 Å². The zero-order valence-electron chi connectivity index (χ0n) is 20.3. The summed E-state index contributed by atoms with van der Waals surface area (Å²) < 4.78 is 11.2. The van der Waals surface area contributed by atoms with E-state index >= 15 is 0 Å². The van der Waals surface area contributed by atoms with Crippen molar-refractivity contribution in [2.75, 3.05) is 13.2 Å². The normalized spacial score (nSPS) is 11.6. The van der Waals surface area contributed by atoms with Crippen LogP contribution in [-0.4, -0.2) is 25.0 Å². The minimum absolute atomic E-state index is 0.0142. The fraction of sp³-hybridized carbons (Fsp3) is 0.462. The van der Waals surface area contributed by atoms with Crippen LogP contribution in [0.5, 0.6) is 11.5 Å². The fourth-order valence-electron chi connectivity index (χ4n) is 3.03. The first kappa shape index (κ1) is 25.2. The lowest BCUT2D eigenvalue weighted by molar-refractivity contribution is -0.131. The number of benzene rings is 2. The van der Waals surface area contributed by atoms with Crippen molar-refractivity contribution in [2.45, 2.75) is 65.7 Å². The van der Waals surface area contributed by atoms with Gasteiger partial charge in [0.05, 0.1) is 0 Å². The predicted octanol–water partition coefficient (Wildman–Crippen LogP) is 4.45. The molecule has 0 saturated carbocycles. The summed E-state index contributed by atoms with van der Waals surface area (Å²) in [6.07, 6.45) is 0.937. The van der Waals surface area contributed by atoms with Crippen molar-refractivity contribution in [2.24, 2.45) is 0 Å². The van der Waals surface area contributed by atoms with Gasteiger partial charge < -0.3 is 9.47 Å². The summed E-state index contributed by atoms with van der Waals surface area (Å²) in [7, 11) is 0. The van der Waals surface area contributed by atoms with Crippen LogP contribution in [0.25, 0.3) is 0 Å². The SMILES string of the molecule is CCc1ccc(OCC(=O)NNC(=O)COc2ccc(C(C)(C)C)cc2C(C)(C)C)cc1. The highest BCUT2D eigenvalue weighted by atomic mass is 16.5. The molecule has 6 heteroatoms. The zero-order chi connectivity index (χ0) is 23.9. The number of hydrogen-bond donors (Lipinski definition) is 2. The Morgan fingerprint density at radius 1 is 0.781 bits per heavy atom. The molecular formula is C26H36N2O4. The molecule has 0 unspecified atom stereocenters. The summed E-state index contributed by atoms with van der Waals surface area (Å²) in [6.45, 7) is 14.5. The molecule has 0 atom stereocenters. The number of hydrogen-bond acceptors (Lipinski definition) is 4. The summed E-state index contributed by atoms with van der Waals surface area (Å²) in [4.78, 5) is 24.1. The Hall–Kier alpha value is -3.02. The summed E-state index contributed by atoms with van der Waals surface area (Å²) in [5.74, 6) is 0.347. The van der Waals surface area contributed by atoms with Crippen molar-refractivity contribution in [3.8, 4) is 11.5 Å². The first-order valence-electron chi connectivity index (χ1n) is 11.0. The molecule has 0 bridgehead atoms. The lowest BCUT2D eigenvalue weighted by atomic mass is 9.80. The van der Waals surface area contributed by atoms with E-state index in [1.165, 1.54) is 11.1 Å². The van der Waals surface area contributed by atoms with Crippen LogP contribution >= 0.6 is 0 Å². The third kappa shape index (κ3) is 7.59. The highest BCUT2D eigenvalue weighted by Gasteiger charge is 2.23. The van der Waals surface area contributed by atoms with Crippen LogP contribution in [0.1, 0.15) is 65.2 Å². The molecule has 6 nitrogen and oxygen atoms in total. The summed E-state index contributed by atoms with van der Waals surface area (Å²) in [6, 6.07) is 13.6. The Labute approximate surface area is 191 Å². The average molecular weight is 441 g/mol. The first-order valence-corrected chi connectivity index (χ1v) is 11.0. The predicted molar refractivity (Wildman–Crippen MR) is 127 cm³/mol. The summed E-state index contributed by atoms with van der Waals surface area (Å²) in [5, 5.41) is 0. The number of aryl methyl sites for hydroxylation is 1. The van der Waals surface area contributed by atoms with Gasteiger partial charge in [0.1, 0.15) is 11.5 Å². The smallest absolute Gasteiger partial charge is 0.276 e. The second kappa shape index (κ2) is 10.5. The molecule has 0 saturated heterocycles. The number of rotatable bonds is 7. The Kier molecular flexibility index (Phi) is 8.31. The van der Waals surface area contributed by atoms with Crippen LogP contribution in [0.2, 0.25) is 0 Å². The standard InChI is InChI=1S/C26H36N2O4/c1-8-18-9-12-20(13-10-18)31-16-23(29)27-28-24(30)17-32-22-14-11-19(25(2,3)4)15-21(22)26(5,6)7/h9-15H,8,16-17H2,1-7H3,(H,27,29)(H,28,30). The number of nitrogens with one attached hydrogen (secondary N) is 2. The minimum Gasteiger partial charge on any atom is -0.484 e. The third-order valence-electron chi connectivity index (χ3n) is 5.06. The molecule has 174 valence electrons. The van der Waals surface area contributed by atoms with Gasteiger partial charge in [-0.05, 0) is 52.1 Å². The molecule has 2 N–H and O–H groups in total. The molecule has 2 aromatic carbocycles. The molecular weight excluding hydrogens is 404 g/mol. The molecule has 2 amide bonds. The van der Waals surface area contributed by atoms with E-state index < -0.39 is 11.8 Å². The lowest BCUT2D eigenvalue weighted by Crippen LogP contribution is -2.45. The number of ether oxygens (including phenoxy) is 2. The van der Waals surface area contributed by atoms with E-state index in [0.717, 1.165) is 12.0 Å². The molecule has 32 heavy (non-hydrogen) atoms. The van der Waals surface area contributed by atoms with Crippen LogP contribution < -0.4 is 20.3 Å². The number of carbonyl (C=O) groups is 2. The molecule has 0 radical (unpaired) electrons. The van der Waals surface area contributed by atoms with Gasteiger partial charge in [-0.2, -0.15) is 0 Å². The molecule has 0 aliphatic carbocycles. The van der Waals surface area contributed by atoms with Gasteiger partial charge in [0.25, 0.3) is 11.8 Å². The van der Waals surface area contributed by atoms with Gasteiger partial charge >= 0.3 is 0 Å². The molecule has 0 fully saturated rings. The van der Waals surface area contributed by atoms with E-state index in [4.69, 9.17) is 9.47 Å². The summed E-state index contributed by atoms with van der Waals surface area (Å²) in [5.41, 5.74) is 8.00. The maximum absolute atomic E-state index is 12.2. The summed E-state index contributed by atoms with van der Waals surface area (Å²) >= 11 is 0. The lowest BCUT2D eigenvalue weighted by Gasteiger charge is -2.27. The number of hydrazine groups is 1. The fourth-order valence-corrected chi connectivity index (χ4v) is 3.03. The van der Waals surface area contributed by atoms with Crippen LogP contribution in [-0.2, 0) is 26.8 Å². The van der Waals surface area contributed by atoms with E-state index in [2.05, 4.69) is 65.4 Å². The van der Waals surface area contributed by atoms with Crippen molar-refractivity contribution >= 4 is 11.8 Å². The second-order valence-corrected chi connectivity index (χ2v) is 9.88. The second-order valence-electron chi connectivity index (χ2n) is 9.88. The highest BCUT2D eigenvalue weighted by Crippen LogP contribution is 2.35. The van der Waals surface area contributed by atoms with Crippen molar-refractivity contribution < 1.29 is 19.1 Å². The Morgan fingerprint density at radius 2 is 1.34 bits per heavy atom. The van der Waals surface area contributed by atoms with Crippen LogP contribution in [0, 0.1) is 0 Å². The van der Waals surface area contributed by atoms with Crippen LogP contribution in [0.3, 0.4) is 0 Å². The van der Waals surface area contributed by atoms with Crippen LogP contribution in [0.15, 0.2) is 42.5 Å². The topological polar surface area (TPSA) is 76.7 Å². The Balaban J connectivity index is 1.86. The maximum atomic E-state index is 12.2. The van der Waals surface area contributed by atoms with E-state index in [1.807, 2.05) is 36.4 Å². The minimum atomic E-state index is -0.456. The molecule has 0 aliphatic heterocycles. The van der Waals surface area contributed by atoms with Crippen molar-refractivity contribution in [3.63, 3.8) is 0 Å². The molecule has 2 rings (SSSR count). The number of carbonyl (C=O) groups excluding carboxylic acids is 2. The number of amides is 2. The van der Waals surface area contributed by atoms with E-state index in [0.29, 0.717) is 11.5 Å². The van der Waals surface area contributed by atoms with Gasteiger partial charge in [-0.25, -0.2) is 0 Å². The maximum Gasteiger partial charge on any atom is 0.276 e. The largest absolute Gasteiger partial charge is 0.484 e. The highest BCUT2D eigenvalue weighted by molar-refractivity contribution is 5.83.